The van der Waals surface area contributed by atoms with Gasteiger partial charge in [-0.05, 0) is 24.9 Å². The Morgan fingerprint density at radius 2 is 2.17 bits per heavy atom. The van der Waals surface area contributed by atoms with Crippen LogP contribution >= 0.6 is 11.6 Å². The second-order valence-electron chi connectivity index (χ2n) is 4.71. The third-order valence-electron chi connectivity index (χ3n) is 3.58. The molecule has 2 unspecified atom stereocenters. The van der Waals surface area contributed by atoms with Crippen molar-refractivity contribution in [3.8, 4) is 0 Å². The average Bonchev–Trinajstić information content (AvgIpc) is 2.70. The fraction of sp³-hybridized carbons (Fsp3) is 0.500. The topological polar surface area (TPSA) is 40.5 Å². The molecule has 18 heavy (non-hydrogen) atoms. The third kappa shape index (κ3) is 2.13. The Hall–Kier alpha value is -1.06. The Bertz CT molecular complexity index is 423. The number of benzene rings is 1. The van der Waals surface area contributed by atoms with Crippen molar-refractivity contribution in [2.75, 3.05) is 13.1 Å². The maximum absolute atomic E-state index is 11.4. The van der Waals surface area contributed by atoms with E-state index in [2.05, 4.69) is 11.8 Å². The molecule has 1 heterocycles. The molecule has 2 rings (SSSR count). The molecule has 2 atom stereocenters. The van der Waals surface area contributed by atoms with Crippen LogP contribution in [0.3, 0.4) is 0 Å². The van der Waals surface area contributed by atoms with Crippen molar-refractivity contribution in [1.29, 1.82) is 0 Å². The highest BCUT2D eigenvalue weighted by atomic mass is 35.5. The zero-order valence-corrected chi connectivity index (χ0v) is 11.2. The van der Waals surface area contributed by atoms with Crippen LogP contribution in [0.2, 0.25) is 0 Å². The number of hydrogen-bond donors (Lipinski definition) is 1. The maximum atomic E-state index is 11.4. The van der Waals surface area contributed by atoms with Crippen LogP contribution in [0.25, 0.3) is 0 Å². The van der Waals surface area contributed by atoms with Crippen molar-refractivity contribution in [3.63, 3.8) is 0 Å². The average molecular weight is 268 g/mol. The van der Waals surface area contributed by atoms with Gasteiger partial charge in [-0.1, -0.05) is 48.9 Å². The van der Waals surface area contributed by atoms with Crippen molar-refractivity contribution in [1.82, 2.24) is 4.90 Å². The van der Waals surface area contributed by atoms with Gasteiger partial charge in [0.25, 0.3) is 0 Å². The first-order valence-electron chi connectivity index (χ1n) is 6.33. The van der Waals surface area contributed by atoms with E-state index >= 15 is 0 Å². The second-order valence-corrected chi connectivity index (χ2v) is 5.28. The van der Waals surface area contributed by atoms with E-state index in [0.29, 0.717) is 6.42 Å². The quantitative estimate of drug-likeness (QED) is 0.674. The number of likely N-dealkylation sites (tertiary alicyclic amines) is 1. The fourth-order valence-electron chi connectivity index (χ4n) is 2.75. The summed E-state index contributed by atoms with van der Waals surface area (Å²) in [7, 11) is 0. The first-order chi connectivity index (χ1) is 8.60. The molecule has 0 bridgehead atoms. The molecule has 0 saturated carbocycles. The van der Waals surface area contributed by atoms with Crippen LogP contribution in [0.15, 0.2) is 30.3 Å². The Labute approximate surface area is 112 Å². The molecule has 1 saturated heterocycles. The van der Waals surface area contributed by atoms with Crippen molar-refractivity contribution in [3.05, 3.63) is 35.9 Å². The van der Waals surface area contributed by atoms with Gasteiger partial charge < -0.3 is 5.11 Å². The fourth-order valence-corrected chi connectivity index (χ4v) is 3.24. The lowest BCUT2D eigenvalue weighted by molar-refractivity contribution is -0.143. The molecule has 0 amide bonds. The van der Waals surface area contributed by atoms with Crippen LogP contribution in [-0.2, 0) is 9.79 Å². The Morgan fingerprint density at radius 3 is 2.72 bits per heavy atom. The Balaban J connectivity index is 2.41. The molecule has 0 aromatic heterocycles. The molecule has 98 valence electrons. The van der Waals surface area contributed by atoms with E-state index in [1.165, 1.54) is 0 Å². The first kappa shape index (κ1) is 13.4. The molecule has 1 fully saturated rings. The lowest BCUT2D eigenvalue weighted by atomic mass is 9.93. The predicted octanol–water partition coefficient (Wildman–Crippen LogP) is 2.89. The molecule has 1 aromatic carbocycles. The smallest absolute Gasteiger partial charge is 0.310 e. The molecule has 1 aromatic rings. The zero-order chi connectivity index (χ0) is 13.2. The molecule has 0 spiro atoms. The normalized spacial score (nSPS) is 28.4. The first-order valence-corrected chi connectivity index (χ1v) is 6.70. The van der Waals surface area contributed by atoms with E-state index in [-0.39, 0.29) is 0 Å². The zero-order valence-electron chi connectivity index (χ0n) is 10.5. The summed E-state index contributed by atoms with van der Waals surface area (Å²) < 4.78 is 0. The summed E-state index contributed by atoms with van der Waals surface area (Å²) in [6.07, 6.45) is 1.57. The summed E-state index contributed by atoms with van der Waals surface area (Å²) in [5, 5.41) is 9.39. The van der Waals surface area contributed by atoms with E-state index in [9.17, 15) is 9.90 Å². The highest BCUT2D eigenvalue weighted by Crippen LogP contribution is 2.47. The van der Waals surface area contributed by atoms with Gasteiger partial charge in [-0.2, -0.15) is 0 Å². The molecule has 1 aliphatic heterocycles. The standard InChI is InChI=1S/C14H18ClNO2/c1-2-9-16-10-8-12(13(17)18)14(16,15)11-6-4-3-5-7-11/h3-7,12H,2,8-10H2,1H3,(H,17,18). The molecule has 0 radical (unpaired) electrons. The van der Waals surface area contributed by atoms with Gasteiger partial charge in [0.05, 0.1) is 5.92 Å². The van der Waals surface area contributed by atoms with Gasteiger partial charge in [-0.25, -0.2) is 0 Å². The van der Waals surface area contributed by atoms with Gasteiger partial charge in [0.2, 0.25) is 0 Å². The molecule has 3 nitrogen and oxygen atoms in total. The van der Waals surface area contributed by atoms with E-state index in [0.717, 1.165) is 25.1 Å². The van der Waals surface area contributed by atoms with Crippen LogP contribution in [0.5, 0.6) is 0 Å². The predicted molar refractivity (Wildman–Crippen MR) is 71.6 cm³/mol. The van der Waals surface area contributed by atoms with E-state index in [1.807, 2.05) is 30.3 Å². The van der Waals surface area contributed by atoms with Crippen molar-refractivity contribution >= 4 is 17.6 Å². The molecular formula is C14H18ClNO2. The molecular weight excluding hydrogens is 250 g/mol. The molecule has 1 N–H and O–H groups in total. The monoisotopic (exact) mass is 267 g/mol. The minimum Gasteiger partial charge on any atom is -0.481 e. The Morgan fingerprint density at radius 1 is 1.50 bits per heavy atom. The van der Waals surface area contributed by atoms with E-state index in [4.69, 9.17) is 11.6 Å². The number of carbonyl (C=O) groups is 1. The third-order valence-corrected chi connectivity index (χ3v) is 4.30. The van der Waals surface area contributed by atoms with Crippen molar-refractivity contribution < 1.29 is 9.90 Å². The van der Waals surface area contributed by atoms with Crippen LogP contribution < -0.4 is 0 Å². The van der Waals surface area contributed by atoms with Crippen LogP contribution in [0.1, 0.15) is 25.3 Å². The van der Waals surface area contributed by atoms with Crippen LogP contribution in [0, 0.1) is 5.92 Å². The molecule has 1 aliphatic rings. The summed E-state index contributed by atoms with van der Waals surface area (Å²) in [6.45, 7) is 3.64. The van der Waals surface area contributed by atoms with E-state index < -0.39 is 16.9 Å². The number of halogens is 1. The van der Waals surface area contributed by atoms with Crippen molar-refractivity contribution in [2.24, 2.45) is 5.92 Å². The summed E-state index contributed by atoms with van der Waals surface area (Å²) in [6, 6.07) is 9.55. The van der Waals surface area contributed by atoms with Gasteiger partial charge in [0.15, 0.2) is 0 Å². The van der Waals surface area contributed by atoms with Crippen LogP contribution in [-0.4, -0.2) is 29.1 Å². The summed E-state index contributed by atoms with van der Waals surface area (Å²) >= 11 is 6.75. The van der Waals surface area contributed by atoms with Crippen LogP contribution in [0.4, 0.5) is 0 Å². The minimum atomic E-state index is -0.900. The lowest BCUT2D eigenvalue weighted by Gasteiger charge is -2.35. The summed E-state index contributed by atoms with van der Waals surface area (Å²) in [5.74, 6) is -1.36. The summed E-state index contributed by atoms with van der Waals surface area (Å²) in [5.41, 5.74) is 0.880. The van der Waals surface area contributed by atoms with Gasteiger partial charge in [0.1, 0.15) is 5.00 Å². The number of nitrogens with zero attached hydrogens (tertiary/aromatic N) is 1. The van der Waals surface area contributed by atoms with Gasteiger partial charge in [-0.15, -0.1) is 0 Å². The summed E-state index contributed by atoms with van der Waals surface area (Å²) in [4.78, 5) is 12.6. The minimum absolute atomic E-state index is 0.548. The largest absolute Gasteiger partial charge is 0.481 e. The number of carboxylic acid groups (broad SMARTS) is 1. The Kier molecular flexibility index (Phi) is 3.93. The number of hydrogen-bond acceptors (Lipinski definition) is 2. The van der Waals surface area contributed by atoms with Gasteiger partial charge in [-0.3, -0.25) is 9.69 Å². The van der Waals surface area contributed by atoms with Gasteiger partial charge in [0, 0.05) is 6.54 Å². The second kappa shape index (κ2) is 5.29. The maximum Gasteiger partial charge on any atom is 0.310 e. The molecule has 4 heteroatoms. The van der Waals surface area contributed by atoms with Crippen molar-refractivity contribution in [2.45, 2.75) is 24.8 Å². The lowest BCUT2D eigenvalue weighted by Crippen LogP contribution is -2.43. The SMILES string of the molecule is CCCN1CCC(C(=O)O)C1(Cl)c1ccccc1. The highest BCUT2D eigenvalue weighted by molar-refractivity contribution is 6.25. The number of carboxylic acids is 1. The molecule has 0 aliphatic carbocycles. The number of alkyl halides is 1. The number of rotatable bonds is 4. The highest BCUT2D eigenvalue weighted by Gasteiger charge is 2.51. The van der Waals surface area contributed by atoms with Gasteiger partial charge >= 0.3 is 5.97 Å². The van der Waals surface area contributed by atoms with E-state index in [1.54, 1.807) is 0 Å². The number of aliphatic carboxylic acids is 1.